The van der Waals surface area contributed by atoms with Crippen LogP contribution in [-0.4, -0.2) is 37.7 Å². The van der Waals surface area contributed by atoms with E-state index in [1.165, 1.54) is 11.8 Å². The largest absolute Gasteiger partial charge is 0.479 e. The highest BCUT2D eigenvalue weighted by atomic mass is 16.4. The molecule has 0 spiro atoms. The molecule has 1 unspecified atom stereocenters. The molecule has 0 saturated heterocycles. The molecule has 98 valence electrons. The lowest BCUT2D eigenvalue weighted by molar-refractivity contribution is -0.150. The first-order valence-corrected chi connectivity index (χ1v) is 5.93. The number of hydrogen-bond acceptors (Lipinski definition) is 3. The van der Waals surface area contributed by atoms with E-state index in [-0.39, 0.29) is 11.9 Å². The van der Waals surface area contributed by atoms with Crippen LogP contribution in [0.2, 0.25) is 0 Å². The van der Waals surface area contributed by atoms with Crippen LogP contribution in [-0.2, 0) is 16.6 Å². The second kappa shape index (κ2) is 4.44. The number of carboxylic acid groups (broad SMARTS) is 1. The SMILES string of the molecule is CC(=O)N(C1CC1)C(C(=O)O)c1cn(C)nc1C. The number of rotatable bonds is 4. The van der Waals surface area contributed by atoms with Gasteiger partial charge in [0.15, 0.2) is 6.04 Å². The first kappa shape index (κ1) is 12.6. The predicted octanol–water partition coefficient (Wildman–Crippen LogP) is 0.865. The van der Waals surface area contributed by atoms with E-state index in [0.717, 1.165) is 12.8 Å². The summed E-state index contributed by atoms with van der Waals surface area (Å²) in [6.07, 6.45) is 3.43. The highest BCUT2D eigenvalue weighted by Gasteiger charge is 2.41. The molecule has 2 rings (SSSR count). The van der Waals surface area contributed by atoms with Gasteiger partial charge < -0.3 is 10.0 Å². The molecule has 6 heteroatoms. The quantitative estimate of drug-likeness (QED) is 0.861. The number of nitrogens with zero attached hydrogens (tertiary/aromatic N) is 3. The number of hydrogen-bond donors (Lipinski definition) is 1. The maximum absolute atomic E-state index is 11.7. The normalized spacial score (nSPS) is 16.4. The smallest absolute Gasteiger partial charge is 0.331 e. The van der Waals surface area contributed by atoms with Crippen LogP contribution in [0.5, 0.6) is 0 Å². The van der Waals surface area contributed by atoms with Gasteiger partial charge in [-0.3, -0.25) is 9.48 Å². The van der Waals surface area contributed by atoms with Crippen molar-refractivity contribution in [2.45, 2.75) is 38.8 Å². The number of aryl methyl sites for hydroxylation is 2. The van der Waals surface area contributed by atoms with E-state index >= 15 is 0 Å². The minimum Gasteiger partial charge on any atom is -0.479 e. The maximum atomic E-state index is 11.7. The zero-order valence-corrected chi connectivity index (χ0v) is 10.8. The monoisotopic (exact) mass is 251 g/mol. The van der Waals surface area contributed by atoms with Crippen molar-refractivity contribution in [3.8, 4) is 0 Å². The molecule has 0 aromatic carbocycles. The Morgan fingerprint density at radius 1 is 1.56 bits per heavy atom. The van der Waals surface area contributed by atoms with Crippen molar-refractivity contribution in [2.24, 2.45) is 7.05 Å². The molecule has 1 heterocycles. The standard InChI is InChI=1S/C12H17N3O3/c1-7-10(6-14(3)13-7)11(12(17)18)15(8(2)16)9-4-5-9/h6,9,11H,4-5H2,1-3H3,(H,17,18). The van der Waals surface area contributed by atoms with Crippen molar-refractivity contribution in [3.63, 3.8) is 0 Å². The van der Waals surface area contributed by atoms with Gasteiger partial charge in [-0.1, -0.05) is 0 Å². The van der Waals surface area contributed by atoms with Gasteiger partial charge in [0.2, 0.25) is 5.91 Å². The zero-order valence-electron chi connectivity index (χ0n) is 10.8. The topological polar surface area (TPSA) is 75.4 Å². The van der Waals surface area contributed by atoms with Crippen molar-refractivity contribution in [3.05, 3.63) is 17.5 Å². The van der Waals surface area contributed by atoms with Gasteiger partial charge in [-0.25, -0.2) is 4.79 Å². The Kier molecular flexibility index (Phi) is 3.11. The van der Waals surface area contributed by atoms with E-state index < -0.39 is 12.0 Å². The van der Waals surface area contributed by atoms with Crippen molar-refractivity contribution in [2.75, 3.05) is 0 Å². The second-order valence-electron chi connectivity index (χ2n) is 4.74. The van der Waals surface area contributed by atoms with E-state index in [1.807, 2.05) is 0 Å². The fourth-order valence-electron chi connectivity index (χ4n) is 2.29. The van der Waals surface area contributed by atoms with Gasteiger partial charge in [-0.05, 0) is 19.8 Å². The van der Waals surface area contributed by atoms with Crippen LogP contribution >= 0.6 is 0 Å². The van der Waals surface area contributed by atoms with Crippen LogP contribution in [0.4, 0.5) is 0 Å². The number of carboxylic acids is 1. The number of amides is 1. The van der Waals surface area contributed by atoms with Crippen LogP contribution in [0.25, 0.3) is 0 Å². The zero-order chi connectivity index (χ0) is 13.4. The van der Waals surface area contributed by atoms with E-state index in [0.29, 0.717) is 11.3 Å². The Balaban J connectivity index is 2.41. The third-order valence-corrected chi connectivity index (χ3v) is 3.16. The van der Waals surface area contributed by atoms with Crippen LogP contribution in [0.3, 0.4) is 0 Å². The fourth-order valence-corrected chi connectivity index (χ4v) is 2.29. The predicted molar refractivity (Wildman–Crippen MR) is 63.9 cm³/mol. The Morgan fingerprint density at radius 3 is 2.50 bits per heavy atom. The molecule has 1 aliphatic rings. The molecule has 18 heavy (non-hydrogen) atoms. The summed E-state index contributed by atoms with van der Waals surface area (Å²) in [6.45, 7) is 3.18. The lowest BCUT2D eigenvalue weighted by Gasteiger charge is -2.27. The highest BCUT2D eigenvalue weighted by molar-refractivity contribution is 5.84. The molecule has 6 nitrogen and oxygen atoms in total. The van der Waals surface area contributed by atoms with Gasteiger partial charge in [0.1, 0.15) is 0 Å². The molecule has 1 saturated carbocycles. The number of aromatic nitrogens is 2. The lowest BCUT2D eigenvalue weighted by atomic mass is 10.1. The maximum Gasteiger partial charge on any atom is 0.331 e. The molecule has 0 bridgehead atoms. The summed E-state index contributed by atoms with van der Waals surface area (Å²) in [5.74, 6) is -1.21. The number of carbonyl (C=O) groups excluding carboxylic acids is 1. The summed E-state index contributed by atoms with van der Waals surface area (Å²) in [7, 11) is 1.74. The minimum absolute atomic E-state index is 0.0585. The van der Waals surface area contributed by atoms with E-state index in [2.05, 4.69) is 5.10 Å². The summed E-state index contributed by atoms with van der Waals surface area (Å²) in [6, 6.07) is -0.869. The van der Waals surface area contributed by atoms with Crippen molar-refractivity contribution in [1.29, 1.82) is 0 Å². The van der Waals surface area contributed by atoms with E-state index in [4.69, 9.17) is 0 Å². The first-order valence-electron chi connectivity index (χ1n) is 5.93. The van der Waals surface area contributed by atoms with Crippen LogP contribution < -0.4 is 0 Å². The molecule has 0 aliphatic heterocycles. The summed E-state index contributed by atoms with van der Waals surface area (Å²) < 4.78 is 1.58. The fraction of sp³-hybridized carbons (Fsp3) is 0.583. The van der Waals surface area contributed by atoms with Crippen molar-refractivity contribution in [1.82, 2.24) is 14.7 Å². The summed E-state index contributed by atoms with van der Waals surface area (Å²) in [5, 5.41) is 13.6. The van der Waals surface area contributed by atoms with Crippen molar-refractivity contribution >= 4 is 11.9 Å². The van der Waals surface area contributed by atoms with Gasteiger partial charge in [0.25, 0.3) is 0 Å². The molecule has 1 amide bonds. The molecule has 1 N–H and O–H groups in total. The first-order chi connectivity index (χ1) is 8.41. The summed E-state index contributed by atoms with van der Waals surface area (Å²) in [5.41, 5.74) is 1.24. The Hall–Kier alpha value is -1.85. The summed E-state index contributed by atoms with van der Waals surface area (Å²) >= 11 is 0. The Bertz CT molecular complexity index is 491. The van der Waals surface area contributed by atoms with Gasteiger partial charge >= 0.3 is 5.97 Å². The van der Waals surface area contributed by atoms with Crippen LogP contribution in [0, 0.1) is 6.92 Å². The molecule has 0 radical (unpaired) electrons. The molecule has 1 aromatic heterocycles. The van der Waals surface area contributed by atoms with Crippen LogP contribution in [0.1, 0.15) is 37.1 Å². The molecular weight excluding hydrogens is 234 g/mol. The van der Waals surface area contributed by atoms with Gasteiger partial charge in [0.05, 0.1) is 5.69 Å². The molecule has 1 fully saturated rings. The Morgan fingerprint density at radius 2 is 2.17 bits per heavy atom. The van der Waals surface area contributed by atoms with Crippen LogP contribution in [0.15, 0.2) is 6.20 Å². The van der Waals surface area contributed by atoms with Gasteiger partial charge in [-0.2, -0.15) is 5.10 Å². The van der Waals surface area contributed by atoms with E-state index in [1.54, 1.807) is 24.9 Å². The lowest BCUT2D eigenvalue weighted by Crippen LogP contribution is -2.39. The molecule has 1 aromatic rings. The van der Waals surface area contributed by atoms with E-state index in [9.17, 15) is 14.7 Å². The highest BCUT2D eigenvalue weighted by Crippen LogP contribution is 2.35. The van der Waals surface area contributed by atoms with Gasteiger partial charge in [0, 0.05) is 31.8 Å². The Labute approximate surface area is 105 Å². The van der Waals surface area contributed by atoms with Gasteiger partial charge in [-0.15, -0.1) is 0 Å². The minimum atomic E-state index is -1.01. The average Bonchev–Trinajstić information content (AvgIpc) is 3.00. The second-order valence-corrected chi connectivity index (χ2v) is 4.74. The molecule has 1 atom stereocenters. The molecule has 1 aliphatic carbocycles. The number of carbonyl (C=O) groups is 2. The number of aliphatic carboxylic acids is 1. The average molecular weight is 251 g/mol. The molecular formula is C12H17N3O3. The third-order valence-electron chi connectivity index (χ3n) is 3.16. The third kappa shape index (κ3) is 2.23. The summed E-state index contributed by atoms with van der Waals surface area (Å²) in [4.78, 5) is 24.7. The van der Waals surface area contributed by atoms with Crippen molar-refractivity contribution < 1.29 is 14.7 Å².